The third kappa shape index (κ3) is 8.89. The third-order valence-corrected chi connectivity index (χ3v) is 0. The Hall–Kier alpha value is 3.01. The van der Waals surface area contributed by atoms with E-state index in [1.165, 1.54) is 20.0 Å². The quantitative estimate of drug-likeness (QED) is 0.330. The van der Waals surface area contributed by atoms with E-state index in [4.69, 9.17) is 0 Å². The molecule has 0 heterocycles. The van der Waals surface area contributed by atoms with Crippen LogP contribution < -0.4 is 0 Å². The van der Waals surface area contributed by atoms with E-state index in [-0.39, 0.29) is 0 Å². The molecular formula is BiSbSeTe. The van der Waals surface area contributed by atoms with Crippen LogP contribution in [0.15, 0.2) is 0 Å². The molecule has 4 heavy (non-hydrogen) atoms. The molecule has 0 unspecified atom stereocenters. The number of hydrogen-bond donors (Lipinski definition) is 0. The zero-order chi connectivity index (χ0) is 4.00. The van der Waals surface area contributed by atoms with Crippen LogP contribution in [0.25, 0.3) is 0 Å². The zero-order valence-electron chi connectivity index (χ0n) is 1.71. The van der Waals surface area contributed by atoms with Crippen molar-refractivity contribution in [1.82, 2.24) is 0 Å². The van der Waals surface area contributed by atoms with Crippen molar-refractivity contribution >= 4 is 69.3 Å². The van der Waals surface area contributed by atoms with Gasteiger partial charge in [0.15, 0.2) is 0 Å². The first-order chi connectivity index (χ1) is 2.00. The Morgan fingerprint density at radius 2 is 1.50 bits per heavy atom. The molecule has 0 aromatic rings. The van der Waals surface area contributed by atoms with E-state index in [0.29, 0.717) is 0 Å². The molecule has 0 bridgehead atoms. The third-order valence-electron chi connectivity index (χ3n) is 0. The van der Waals surface area contributed by atoms with Gasteiger partial charge in [-0.1, -0.05) is 0 Å². The van der Waals surface area contributed by atoms with Crippen LogP contribution in [0, 0.1) is 0 Å². The predicted molar refractivity (Wildman–Crippen MR) is 23.0 cm³/mol. The summed E-state index contributed by atoms with van der Waals surface area (Å²) in [6.07, 6.45) is 0. The Kier molecular flexibility index (Phi) is 42.0. The van der Waals surface area contributed by atoms with Crippen LogP contribution >= 0.6 is 0 Å². The molecule has 0 amide bonds. The zero-order valence-corrected chi connectivity index (χ0v) is 11.8. The van der Waals surface area contributed by atoms with Gasteiger partial charge in [-0.2, -0.15) is 0 Å². The molecule has 0 N–H and O–H groups in total. The monoisotopic (exact) mass is 540 g/mol. The van der Waals surface area contributed by atoms with Gasteiger partial charge in [-0.3, -0.25) is 0 Å². The Balaban J connectivity index is 0. The SMILES string of the molecule is [Se]=[Sb].[Te]=[Bi]. The molecule has 0 saturated heterocycles. The fourth-order valence-electron chi connectivity index (χ4n) is 0. The fraction of sp³-hybridized carbons (Fsp3) is 0. The van der Waals surface area contributed by atoms with E-state index in [9.17, 15) is 0 Å². The van der Waals surface area contributed by atoms with E-state index in [1.807, 2.05) is 0 Å². The second-order valence-corrected chi connectivity index (χ2v) is 0. The van der Waals surface area contributed by atoms with Gasteiger partial charge in [-0.25, -0.2) is 0 Å². The van der Waals surface area contributed by atoms with Crippen molar-refractivity contribution in [2.24, 2.45) is 0 Å². The Labute approximate surface area is 67.6 Å². The summed E-state index contributed by atoms with van der Waals surface area (Å²) in [5, 5.41) is 0. The van der Waals surface area contributed by atoms with Crippen LogP contribution in [-0.2, 0) is 0 Å². The molecule has 0 saturated carbocycles. The summed E-state index contributed by atoms with van der Waals surface area (Å²) in [4.78, 5) is 0. The minimum absolute atomic E-state index is 1.45. The van der Waals surface area contributed by atoms with Gasteiger partial charge in [-0.05, 0) is 0 Å². The molecule has 22 valence electrons. The van der Waals surface area contributed by atoms with Crippen molar-refractivity contribution < 1.29 is 0 Å². The minimum atomic E-state index is 1.45. The van der Waals surface area contributed by atoms with Gasteiger partial charge in [0, 0.05) is 0 Å². The summed E-state index contributed by atoms with van der Waals surface area (Å²) in [6, 6.07) is 0. The molecule has 0 fully saturated rings. The second kappa shape index (κ2) is 16.6. The van der Waals surface area contributed by atoms with Crippen molar-refractivity contribution in [2.45, 2.75) is 0 Å². The summed E-state index contributed by atoms with van der Waals surface area (Å²) in [5.41, 5.74) is 0. The molecule has 0 aliphatic carbocycles. The first-order valence-electron chi connectivity index (χ1n) is 0.365. The summed E-state index contributed by atoms with van der Waals surface area (Å²) in [7, 11) is 0. The van der Waals surface area contributed by atoms with Gasteiger partial charge in [-0.15, -0.1) is 0 Å². The fourth-order valence-corrected chi connectivity index (χ4v) is 0. The Bertz CT molecular complexity index is 10.0. The molecule has 0 spiro atoms. The van der Waals surface area contributed by atoms with Crippen molar-refractivity contribution in [3.8, 4) is 0 Å². The van der Waals surface area contributed by atoms with E-state index < -0.39 is 0 Å². The Morgan fingerprint density at radius 1 is 1.50 bits per heavy atom. The molecule has 2 radical (unpaired) electrons. The summed E-state index contributed by atoms with van der Waals surface area (Å²) in [6.45, 7) is 0. The topological polar surface area (TPSA) is 0 Å². The first kappa shape index (κ1) is 10.1. The molecule has 0 nitrogen and oxygen atoms in total. The van der Waals surface area contributed by atoms with Crippen LogP contribution in [0.1, 0.15) is 0 Å². The van der Waals surface area contributed by atoms with Crippen LogP contribution in [0.5, 0.6) is 0 Å². The molecule has 0 aliphatic heterocycles. The van der Waals surface area contributed by atoms with E-state index in [2.05, 4.69) is 29.2 Å². The normalized spacial score (nSPS) is 2.00. The number of hydrogen-bond acceptors (Lipinski definition) is 0. The first-order valence-corrected chi connectivity index (χ1v) is 17.1. The van der Waals surface area contributed by atoms with Crippen molar-refractivity contribution in [3.05, 3.63) is 0 Å². The van der Waals surface area contributed by atoms with Gasteiger partial charge >= 0.3 is 69.3 Å². The van der Waals surface area contributed by atoms with Crippen molar-refractivity contribution in [3.63, 3.8) is 0 Å². The maximum atomic E-state index is 2.68. The van der Waals surface area contributed by atoms with E-state index in [0.717, 1.165) is 0 Å². The molecule has 0 aromatic carbocycles. The van der Waals surface area contributed by atoms with Gasteiger partial charge in [0.2, 0.25) is 0 Å². The molecule has 0 rings (SSSR count). The van der Waals surface area contributed by atoms with Crippen molar-refractivity contribution in [1.29, 1.82) is 0 Å². The van der Waals surface area contributed by atoms with E-state index >= 15 is 0 Å². The Morgan fingerprint density at radius 3 is 1.50 bits per heavy atom. The van der Waals surface area contributed by atoms with Crippen molar-refractivity contribution in [2.75, 3.05) is 0 Å². The predicted octanol–water partition coefficient (Wildman–Crippen LogP) is -1.52. The summed E-state index contributed by atoms with van der Waals surface area (Å²) in [5.74, 6) is 0. The van der Waals surface area contributed by atoms with Crippen LogP contribution in [0.3, 0.4) is 0 Å². The summed E-state index contributed by atoms with van der Waals surface area (Å²) >= 11 is 7.82. The van der Waals surface area contributed by atoms with Gasteiger partial charge in [0.05, 0.1) is 0 Å². The molecule has 4 heteroatoms. The average Bonchev–Trinajstić information content (AvgIpc) is 1.50. The van der Waals surface area contributed by atoms with Crippen LogP contribution in [-0.4, -0.2) is 69.3 Å². The van der Waals surface area contributed by atoms with Gasteiger partial charge in [0.25, 0.3) is 0 Å². The molecule has 0 aromatic heterocycles. The van der Waals surface area contributed by atoms with Crippen LogP contribution in [0.4, 0.5) is 0 Å². The van der Waals surface area contributed by atoms with E-state index in [1.54, 1.807) is 20.2 Å². The summed E-state index contributed by atoms with van der Waals surface area (Å²) < 4.78 is 0. The average molecular weight is 537 g/mol. The van der Waals surface area contributed by atoms with Gasteiger partial charge < -0.3 is 0 Å². The molecule has 0 atom stereocenters. The second-order valence-electron chi connectivity index (χ2n) is 0. The standard InChI is InChI=1S/Bi.Sb.Se.Te. The van der Waals surface area contributed by atoms with Gasteiger partial charge in [0.1, 0.15) is 0 Å². The van der Waals surface area contributed by atoms with Crippen LogP contribution in [0.2, 0.25) is 0 Å². The number of rotatable bonds is 0. The molecular weight excluding hydrogens is 537 g/mol. The maximum absolute atomic E-state index is 2.68. The molecule has 0 aliphatic rings.